The number of halogens is 1. The summed E-state index contributed by atoms with van der Waals surface area (Å²) >= 11 is 7.48. The van der Waals surface area contributed by atoms with E-state index in [1.807, 2.05) is 11.3 Å². The average Bonchev–Trinajstić information content (AvgIpc) is 2.78. The second-order valence-corrected chi connectivity index (χ2v) is 6.88. The lowest BCUT2D eigenvalue weighted by molar-refractivity contribution is 0.436. The fourth-order valence-corrected chi connectivity index (χ4v) is 4.99. The monoisotopic (exact) mass is 305 g/mol. The summed E-state index contributed by atoms with van der Waals surface area (Å²) in [7, 11) is 0. The van der Waals surface area contributed by atoms with Gasteiger partial charge in [0.15, 0.2) is 0 Å². The predicted molar refractivity (Wildman–Crippen MR) is 74.0 cm³/mol. The molecule has 0 saturated carbocycles. The van der Waals surface area contributed by atoms with Gasteiger partial charge in [0, 0.05) is 26.5 Å². The van der Waals surface area contributed by atoms with Crippen LogP contribution < -0.4 is 5.32 Å². The molecular weight excluding hydrogens is 290 g/mol. The zero-order valence-corrected chi connectivity index (χ0v) is 12.1. The highest BCUT2D eigenvalue weighted by atomic mass is 79.9. The molecule has 2 heterocycles. The van der Waals surface area contributed by atoms with E-state index in [4.69, 9.17) is 0 Å². The first-order valence-electron chi connectivity index (χ1n) is 5.33. The van der Waals surface area contributed by atoms with E-state index >= 15 is 0 Å². The lowest BCUT2D eigenvalue weighted by Gasteiger charge is -2.18. The van der Waals surface area contributed by atoms with Gasteiger partial charge in [-0.1, -0.05) is 6.92 Å². The van der Waals surface area contributed by atoms with Crippen molar-refractivity contribution in [1.29, 1.82) is 0 Å². The molecule has 15 heavy (non-hydrogen) atoms. The minimum absolute atomic E-state index is 0.723. The highest BCUT2D eigenvalue weighted by molar-refractivity contribution is 9.10. The third-order valence-electron chi connectivity index (χ3n) is 2.75. The van der Waals surface area contributed by atoms with Crippen LogP contribution in [-0.2, 0) is 6.42 Å². The molecule has 0 radical (unpaired) electrons. The van der Waals surface area contributed by atoms with Gasteiger partial charge in [-0.2, -0.15) is 11.8 Å². The highest BCUT2D eigenvalue weighted by Gasteiger charge is 2.27. The van der Waals surface area contributed by atoms with Crippen LogP contribution in [0, 0.1) is 5.92 Å². The van der Waals surface area contributed by atoms with E-state index in [1.54, 1.807) is 0 Å². The molecule has 1 aliphatic heterocycles. The van der Waals surface area contributed by atoms with E-state index < -0.39 is 0 Å². The molecule has 84 valence electrons. The summed E-state index contributed by atoms with van der Waals surface area (Å²) in [6, 6.07) is 2.98. The van der Waals surface area contributed by atoms with Gasteiger partial charge in [0.25, 0.3) is 0 Å². The van der Waals surface area contributed by atoms with Crippen molar-refractivity contribution in [3.63, 3.8) is 0 Å². The number of hydrogen-bond donors (Lipinski definition) is 1. The standard InChI is InChI=1S/C11H16BrNS2/c1-2-13-11-7-14-5-8(11)3-10-4-9(12)6-15-10/h4,6,8,11,13H,2-3,5,7H2,1H3. The summed E-state index contributed by atoms with van der Waals surface area (Å²) in [6.07, 6.45) is 1.24. The largest absolute Gasteiger partial charge is 0.313 e. The van der Waals surface area contributed by atoms with Crippen LogP contribution in [0.5, 0.6) is 0 Å². The summed E-state index contributed by atoms with van der Waals surface area (Å²) in [5.41, 5.74) is 0. The van der Waals surface area contributed by atoms with Gasteiger partial charge in [-0.25, -0.2) is 0 Å². The Morgan fingerprint density at radius 1 is 1.53 bits per heavy atom. The van der Waals surface area contributed by atoms with Gasteiger partial charge in [0.05, 0.1) is 0 Å². The second kappa shape index (κ2) is 5.71. The molecule has 0 spiro atoms. The van der Waals surface area contributed by atoms with E-state index in [2.05, 4.69) is 51.4 Å². The Morgan fingerprint density at radius 3 is 3.07 bits per heavy atom. The smallest absolute Gasteiger partial charge is 0.0285 e. The fourth-order valence-electron chi connectivity index (χ4n) is 2.01. The van der Waals surface area contributed by atoms with Crippen LogP contribution in [-0.4, -0.2) is 24.1 Å². The summed E-state index contributed by atoms with van der Waals surface area (Å²) in [5, 5.41) is 5.77. The van der Waals surface area contributed by atoms with Gasteiger partial charge in [-0.05, 0) is 46.6 Å². The molecule has 1 N–H and O–H groups in total. The Labute approximate surface area is 108 Å². The van der Waals surface area contributed by atoms with Gasteiger partial charge >= 0.3 is 0 Å². The molecule has 1 nitrogen and oxygen atoms in total. The summed E-state index contributed by atoms with van der Waals surface area (Å²) < 4.78 is 1.23. The maximum absolute atomic E-state index is 3.59. The zero-order valence-electron chi connectivity index (χ0n) is 8.83. The van der Waals surface area contributed by atoms with Crippen molar-refractivity contribution in [2.45, 2.75) is 19.4 Å². The lowest BCUT2D eigenvalue weighted by atomic mass is 9.99. The molecule has 4 heteroatoms. The van der Waals surface area contributed by atoms with Crippen LogP contribution in [0.25, 0.3) is 0 Å². The number of rotatable bonds is 4. The van der Waals surface area contributed by atoms with Crippen LogP contribution in [0.3, 0.4) is 0 Å². The minimum Gasteiger partial charge on any atom is -0.313 e. The molecular formula is C11H16BrNS2. The van der Waals surface area contributed by atoms with Gasteiger partial charge in [0.2, 0.25) is 0 Å². The molecule has 2 atom stereocenters. The number of thioether (sulfide) groups is 1. The Morgan fingerprint density at radius 2 is 2.40 bits per heavy atom. The van der Waals surface area contributed by atoms with Crippen LogP contribution in [0.4, 0.5) is 0 Å². The first kappa shape index (κ1) is 12.0. The second-order valence-electron chi connectivity index (χ2n) is 3.90. The third-order valence-corrected chi connectivity index (χ3v) is 5.73. The van der Waals surface area contributed by atoms with Gasteiger partial charge in [-0.3, -0.25) is 0 Å². The normalized spacial score (nSPS) is 26.0. The van der Waals surface area contributed by atoms with Crippen molar-refractivity contribution in [3.8, 4) is 0 Å². The molecule has 1 saturated heterocycles. The molecule has 1 aliphatic rings. The number of thiophene rings is 1. The molecule has 2 rings (SSSR count). The number of nitrogens with one attached hydrogen (secondary N) is 1. The average molecular weight is 306 g/mol. The predicted octanol–water partition coefficient (Wildman–Crippen LogP) is 3.39. The molecule has 0 amide bonds. The first-order valence-corrected chi connectivity index (χ1v) is 8.16. The van der Waals surface area contributed by atoms with E-state index in [0.717, 1.165) is 18.5 Å². The Hall–Kier alpha value is 0.490. The van der Waals surface area contributed by atoms with Gasteiger partial charge in [-0.15, -0.1) is 11.3 Å². The zero-order chi connectivity index (χ0) is 10.7. The van der Waals surface area contributed by atoms with E-state index in [9.17, 15) is 0 Å². The highest BCUT2D eigenvalue weighted by Crippen LogP contribution is 2.30. The molecule has 1 fully saturated rings. The van der Waals surface area contributed by atoms with Gasteiger partial charge < -0.3 is 5.32 Å². The molecule has 0 bridgehead atoms. The van der Waals surface area contributed by atoms with E-state index in [-0.39, 0.29) is 0 Å². The van der Waals surface area contributed by atoms with Crippen molar-refractivity contribution >= 4 is 39.0 Å². The summed E-state index contributed by atoms with van der Waals surface area (Å²) in [6.45, 7) is 3.29. The maximum atomic E-state index is 3.59. The van der Waals surface area contributed by atoms with Gasteiger partial charge in [0.1, 0.15) is 0 Å². The quantitative estimate of drug-likeness (QED) is 0.915. The molecule has 0 aliphatic carbocycles. The van der Waals surface area contributed by atoms with Crippen molar-refractivity contribution in [2.24, 2.45) is 5.92 Å². The van der Waals surface area contributed by atoms with Crippen LogP contribution >= 0.6 is 39.0 Å². The molecule has 1 aromatic heterocycles. The topological polar surface area (TPSA) is 12.0 Å². The summed E-state index contributed by atoms with van der Waals surface area (Å²) in [5.74, 6) is 3.42. The SMILES string of the molecule is CCNC1CSCC1Cc1cc(Br)cs1. The maximum Gasteiger partial charge on any atom is 0.0285 e. The van der Waals surface area contributed by atoms with Crippen molar-refractivity contribution in [1.82, 2.24) is 5.32 Å². The third kappa shape index (κ3) is 3.22. The Bertz CT molecular complexity index is 313. The van der Waals surface area contributed by atoms with Crippen LogP contribution in [0.2, 0.25) is 0 Å². The Kier molecular flexibility index (Phi) is 4.55. The molecule has 2 unspecified atom stereocenters. The minimum atomic E-state index is 0.723. The molecule has 0 aromatic carbocycles. The lowest BCUT2D eigenvalue weighted by Crippen LogP contribution is -2.35. The first-order chi connectivity index (χ1) is 7.29. The fraction of sp³-hybridized carbons (Fsp3) is 0.636. The Balaban J connectivity index is 1.93. The van der Waals surface area contributed by atoms with E-state index in [0.29, 0.717) is 0 Å². The van der Waals surface area contributed by atoms with E-state index in [1.165, 1.54) is 27.3 Å². The van der Waals surface area contributed by atoms with Crippen molar-refractivity contribution in [3.05, 3.63) is 20.8 Å². The summed E-state index contributed by atoms with van der Waals surface area (Å²) in [4.78, 5) is 1.51. The van der Waals surface area contributed by atoms with Crippen molar-refractivity contribution < 1.29 is 0 Å². The number of hydrogen-bond acceptors (Lipinski definition) is 3. The van der Waals surface area contributed by atoms with Crippen LogP contribution in [0.15, 0.2) is 15.9 Å². The van der Waals surface area contributed by atoms with Crippen LogP contribution in [0.1, 0.15) is 11.8 Å². The molecule has 1 aromatic rings. The van der Waals surface area contributed by atoms with Crippen molar-refractivity contribution in [2.75, 3.05) is 18.1 Å².